The predicted molar refractivity (Wildman–Crippen MR) is 103 cm³/mol. The summed E-state index contributed by atoms with van der Waals surface area (Å²) in [5, 5.41) is 3.74. The molecule has 0 aromatic heterocycles. The maximum atomic E-state index is 12.3. The fraction of sp³-hybridized carbons (Fsp3) is 0.286. The van der Waals surface area contributed by atoms with Gasteiger partial charge in [0.15, 0.2) is 0 Å². The summed E-state index contributed by atoms with van der Waals surface area (Å²) < 4.78 is 6.14. The first-order valence-electron chi connectivity index (χ1n) is 8.51. The zero-order valence-corrected chi connectivity index (χ0v) is 15.8. The summed E-state index contributed by atoms with van der Waals surface area (Å²) >= 11 is 3.70. The van der Waals surface area contributed by atoms with Crippen LogP contribution >= 0.6 is 15.9 Å². The molecule has 0 bridgehead atoms. The van der Waals surface area contributed by atoms with Crippen LogP contribution in [0.3, 0.4) is 0 Å². The Morgan fingerprint density at radius 1 is 1.24 bits per heavy atom. The Morgan fingerprint density at radius 3 is 2.80 bits per heavy atom. The van der Waals surface area contributed by atoms with Gasteiger partial charge in [-0.3, -0.25) is 0 Å². The molecule has 2 aliphatic rings. The fourth-order valence-corrected chi connectivity index (χ4v) is 4.71. The third-order valence-electron chi connectivity index (χ3n) is 5.37. The van der Waals surface area contributed by atoms with E-state index in [1.54, 1.807) is 0 Å². The molecule has 1 aliphatic heterocycles. The number of ether oxygens (including phenoxy) is 1. The van der Waals surface area contributed by atoms with Gasteiger partial charge >= 0.3 is 5.97 Å². The number of methoxy groups -OCH3 is 1. The van der Waals surface area contributed by atoms with E-state index < -0.39 is 0 Å². The second-order valence-corrected chi connectivity index (χ2v) is 7.56. The number of benzene rings is 2. The van der Waals surface area contributed by atoms with E-state index in [1.807, 2.05) is 18.2 Å². The van der Waals surface area contributed by atoms with Crippen molar-refractivity contribution in [2.24, 2.45) is 5.92 Å². The molecule has 0 fully saturated rings. The van der Waals surface area contributed by atoms with Crippen LogP contribution < -0.4 is 5.32 Å². The SMILES string of the molecule is COC(=O)c1ccc(C)c2c1C1C=CCC1[C@@H](c1ccccc1Br)N2. The summed E-state index contributed by atoms with van der Waals surface area (Å²) in [6.45, 7) is 2.09. The van der Waals surface area contributed by atoms with Crippen molar-refractivity contribution in [3.63, 3.8) is 0 Å². The highest BCUT2D eigenvalue weighted by Crippen LogP contribution is 2.52. The molecule has 0 amide bonds. The van der Waals surface area contributed by atoms with Crippen molar-refractivity contribution in [3.05, 3.63) is 75.3 Å². The molecule has 2 unspecified atom stereocenters. The lowest BCUT2D eigenvalue weighted by molar-refractivity contribution is 0.0598. The zero-order chi connectivity index (χ0) is 17.6. The van der Waals surface area contributed by atoms with Crippen molar-refractivity contribution < 1.29 is 9.53 Å². The quantitative estimate of drug-likeness (QED) is 0.546. The molecule has 128 valence electrons. The Balaban J connectivity index is 1.89. The van der Waals surface area contributed by atoms with E-state index in [2.05, 4.69) is 58.5 Å². The van der Waals surface area contributed by atoms with Crippen LogP contribution in [-0.4, -0.2) is 13.1 Å². The van der Waals surface area contributed by atoms with Crippen molar-refractivity contribution in [3.8, 4) is 0 Å². The number of esters is 1. The molecular weight excluding hydrogens is 378 g/mol. The molecule has 0 radical (unpaired) electrons. The van der Waals surface area contributed by atoms with Crippen LogP contribution in [0, 0.1) is 12.8 Å². The minimum atomic E-state index is -0.267. The molecule has 3 atom stereocenters. The largest absolute Gasteiger partial charge is 0.465 e. The highest BCUT2D eigenvalue weighted by molar-refractivity contribution is 9.10. The fourth-order valence-electron chi connectivity index (χ4n) is 4.18. The van der Waals surface area contributed by atoms with Crippen LogP contribution in [0.2, 0.25) is 0 Å². The van der Waals surface area contributed by atoms with Crippen LogP contribution in [0.4, 0.5) is 5.69 Å². The number of hydrogen-bond acceptors (Lipinski definition) is 3. The summed E-state index contributed by atoms with van der Waals surface area (Å²) in [7, 11) is 1.44. The number of hydrogen-bond donors (Lipinski definition) is 1. The van der Waals surface area contributed by atoms with E-state index in [4.69, 9.17) is 4.74 Å². The van der Waals surface area contributed by atoms with Crippen molar-refractivity contribution >= 4 is 27.6 Å². The van der Waals surface area contributed by atoms with Gasteiger partial charge in [-0.2, -0.15) is 0 Å². The van der Waals surface area contributed by atoms with Crippen LogP contribution in [0.25, 0.3) is 0 Å². The third kappa shape index (κ3) is 2.60. The molecule has 0 spiro atoms. The van der Waals surface area contributed by atoms with Gasteiger partial charge in [0.25, 0.3) is 0 Å². The van der Waals surface area contributed by atoms with Gasteiger partial charge in [0.1, 0.15) is 0 Å². The molecule has 2 aromatic carbocycles. The minimum absolute atomic E-state index is 0.203. The topological polar surface area (TPSA) is 38.3 Å². The standard InChI is InChI=1S/C21H20BrNO2/c1-12-10-11-16(21(24)25-2)18-13-7-5-8-14(13)20(23-19(12)18)15-6-3-4-9-17(15)22/h3-7,9-11,13-14,20,23H,8H2,1-2H3/t13?,14?,20-/m0/s1. The van der Waals surface area contributed by atoms with Gasteiger partial charge in [-0.25, -0.2) is 4.79 Å². The van der Waals surface area contributed by atoms with E-state index >= 15 is 0 Å². The summed E-state index contributed by atoms with van der Waals surface area (Å²) in [6, 6.07) is 12.5. The maximum absolute atomic E-state index is 12.3. The maximum Gasteiger partial charge on any atom is 0.338 e. The number of allylic oxidation sites excluding steroid dienone is 2. The van der Waals surface area contributed by atoms with Gasteiger partial charge in [-0.1, -0.05) is 52.3 Å². The number of rotatable bonds is 2. The minimum Gasteiger partial charge on any atom is -0.465 e. The van der Waals surface area contributed by atoms with Crippen molar-refractivity contribution in [2.45, 2.75) is 25.3 Å². The average molecular weight is 398 g/mol. The summed E-state index contributed by atoms with van der Waals surface area (Å²) in [6.07, 6.45) is 5.48. The van der Waals surface area contributed by atoms with E-state index in [1.165, 1.54) is 12.7 Å². The van der Waals surface area contributed by atoms with Crippen LogP contribution in [0.1, 0.15) is 45.4 Å². The second-order valence-electron chi connectivity index (χ2n) is 6.71. The van der Waals surface area contributed by atoms with E-state index in [0.717, 1.165) is 27.7 Å². The molecule has 3 nitrogen and oxygen atoms in total. The molecule has 4 heteroatoms. The lowest BCUT2D eigenvalue weighted by atomic mass is 9.75. The van der Waals surface area contributed by atoms with Crippen LogP contribution in [0.15, 0.2) is 53.0 Å². The Hall–Kier alpha value is -2.07. The Bertz CT molecular complexity index is 874. The van der Waals surface area contributed by atoms with E-state index in [9.17, 15) is 4.79 Å². The van der Waals surface area contributed by atoms with E-state index in [0.29, 0.717) is 11.5 Å². The molecule has 1 heterocycles. The number of carbonyl (C=O) groups excluding carboxylic acids is 1. The first kappa shape index (κ1) is 16.4. The van der Waals surface area contributed by atoms with Crippen molar-refractivity contribution in [2.75, 3.05) is 12.4 Å². The Labute approximate surface area is 156 Å². The molecular formula is C21H20BrNO2. The van der Waals surface area contributed by atoms with E-state index in [-0.39, 0.29) is 17.9 Å². The predicted octanol–water partition coefficient (Wildman–Crippen LogP) is 5.37. The zero-order valence-electron chi connectivity index (χ0n) is 14.3. The first-order valence-corrected chi connectivity index (χ1v) is 9.30. The van der Waals surface area contributed by atoms with Crippen LogP contribution in [0.5, 0.6) is 0 Å². The molecule has 25 heavy (non-hydrogen) atoms. The Morgan fingerprint density at radius 2 is 2.04 bits per heavy atom. The summed E-state index contributed by atoms with van der Waals surface area (Å²) in [5.41, 5.74) is 5.22. The second kappa shape index (κ2) is 6.34. The molecule has 0 saturated carbocycles. The number of nitrogens with one attached hydrogen (secondary N) is 1. The number of aryl methyl sites for hydroxylation is 1. The highest BCUT2D eigenvalue weighted by Gasteiger charge is 2.41. The molecule has 1 aliphatic carbocycles. The molecule has 2 aromatic rings. The molecule has 4 rings (SSSR count). The summed E-state index contributed by atoms with van der Waals surface area (Å²) in [4.78, 5) is 12.3. The van der Waals surface area contributed by atoms with Gasteiger partial charge in [0, 0.05) is 16.1 Å². The molecule has 0 saturated heterocycles. The number of anilines is 1. The lowest BCUT2D eigenvalue weighted by Crippen LogP contribution is -2.31. The van der Waals surface area contributed by atoms with Gasteiger partial charge in [0.2, 0.25) is 0 Å². The molecule has 1 N–H and O–H groups in total. The monoisotopic (exact) mass is 397 g/mol. The van der Waals surface area contributed by atoms with Gasteiger partial charge in [-0.15, -0.1) is 0 Å². The normalized spacial score (nSPS) is 23.6. The Kier molecular flexibility index (Phi) is 4.16. The number of fused-ring (bicyclic) bond motifs is 3. The highest BCUT2D eigenvalue weighted by atomic mass is 79.9. The smallest absolute Gasteiger partial charge is 0.338 e. The van der Waals surface area contributed by atoms with Crippen LogP contribution in [-0.2, 0) is 4.74 Å². The third-order valence-corrected chi connectivity index (χ3v) is 6.10. The number of halogens is 1. The van der Waals surface area contributed by atoms with Crippen molar-refractivity contribution in [1.29, 1.82) is 0 Å². The average Bonchev–Trinajstić information content (AvgIpc) is 3.11. The number of carbonyl (C=O) groups is 1. The van der Waals surface area contributed by atoms with Gasteiger partial charge < -0.3 is 10.1 Å². The van der Waals surface area contributed by atoms with Gasteiger partial charge in [0.05, 0.1) is 18.7 Å². The van der Waals surface area contributed by atoms with Crippen molar-refractivity contribution in [1.82, 2.24) is 0 Å². The summed E-state index contributed by atoms with van der Waals surface area (Å²) in [5.74, 6) is 0.343. The lowest BCUT2D eigenvalue weighted by Gasteiger charge is -2.39. The van der Waals surface area contributed by atoms with Gasteiger partial charge in [-0.05, 0) is 48.1 Å². The first-order chi connectivity index (χ1) is 12.1.